The van der Waals surface area contributed by atoms with Crippen molar-refractivity contribution >= 4 is 11.6 Å². The van der Waals surface area contributed by atoms with Gasteiger partial charge in [-0.05, 0) is 12.8 Å². The summed E-state index contributed by atoms with van der Waals surface area (Å²) in [5.74, 6) is 0.193. The van der Waals surface area contributed by atoms with Gasteiger partial charge < -0.3 is 0 Å². The second-order valence-electron chi connectivity index (χ2n) is 5.33. The molecule has 1 aliphatic carbocycles. The van der Waals surface area contributed by atoms with E-state index in [-0.39, 0.29) is 28.8 Å². The van der Waals surface area contributed by atoms with Gasteiger partial charge in [-0.15, -0.1) is 0 Å². The van der Waals surface area contributed by atoms with Gasteiger partial charge >= 0.3 is 0 Å². The minimum absolute atomic E-state index is 0.0608. The molecule has 1 aliphatic rings. The van der Waals surface area contributed by atoms with Gasteiger partial charge in [0.1, 0.15) is 11.6 Å². The topological polar surface area (TPSA) is 34.1 Å². The van der Waals surface area contributed by atoms with Gasteiger partial charge in [-0.1, -0.05) is 27.7 Å². The Labute approximate surface area is 79.7 Å². The minimum Gasteiger partial charge on any atom is -0.299 e. The fourth-order valence-electron chi connectivity index (χ4n) is 1.09. The van der Waals surface area contributed by atoms with E-state index in [1.165, 1.54) is 0 Å². The van der Waals surface area contributed by atoms with Crippen LogP contribution in [0.4, 0.5) is 0 Å². The van der Waals surface area contributed by atoms with Gasteiger partial charge in [-0.3, -0.25) is 9.59 Å². The summed E-state index contributed by atoms with van der Waals surface area (Å²) in [6.45, 7) is 7.53. The van der Waals surface area contributed by atoms with E-state index >= 15 is 0 Å². The Hall–Kier alpha value is -0.660. The lowest BCUT2D eigenvalue weighted by molar-refractivity contribution is -0.133. The normalized spacial score (nSPS) is 19.7. The zero-order valence-corrected chi connectivity index (χ0v) is 8.94. The molecule has 1 saturated carbocycles. The maximum absolute atomic E-state index is 11.6. The lowest BCUT2D eigenvalue weighted by atomic mass is 9.85. The fraction of sp³-hybridized carbons (Fsp3) is 0.818. The van der Waals surface area contributed by atoms with Gasteiger partial charge in [0.15, 0.2) is 0 Å². The molecular formula is C11H18O2. The number of carbonyl (C=O) groups is 2. The van der Waals surface area contributed by atoms with Crippen LogP contribution in [0.1, 0.15) is 47.0 Å². The van der Waals surface area contributed by atoms with Crippen LogP contribution in [0.25, 0.3) is 0 Å². The predicted octanol–water partition coefficient (Wildman–Crippen LogP) is 2.36. The second kappa shape index (κ2) is 2.93. The first kappa shape index (κ1) is 10.4. The van der Waals surface area contributed by atoms with Gasteiger partial charge in [0.25, 0.3) is 0 Å². The van der Waals surface area contributed by atoms with Crippen LogP contribution in [-0.4, -0.2) is 11.6 Å². The zero-order valence-electron chi connectivity index (χ0n) is 8.94. The van der Waals surface area contributed by atoms with Gasteiger partial charge in [-0.2, -0.15) is 0 Å². The van der Waals surface area contributed by atoms with Gasteiger partial charge in [-0.25, -0.2) is 0 Å². The van der Waals surface area contributed by atoms with Crippen LogP contribution in [0, 0.1) is 10.8 Å². The Morgan fingerprint density at radius 3 is 2.00 bits per heavy atom. The Bertz CT molecular complexity index is 226. The first-order chi connectivity index (χ1) is 5.76. The van der Waals surface area contributed by atoms with Gasteiger partial charge in [0.2, 0.25) is 0 Å². The van der Waals surface area contributed by atoms with Crippen LogP contribution in [0.3, 0.4) is 0 Å². The van der Waals surface area contributed by atoms with Crippen LogP contribution >= 0.6 is 0 Å². The summed E-state index contributed by atoms with van der Waals surface area (Å²) in [4.78, 5) is 23.1. The monoisotopic (exact) mass is 182 g/mol. The van der Waals surface area contributed by atoms with E-state index in [1.807, 2.05) is 27.7 Å². The molecule has 13 heavy (non-hydrogen) atoms. The van der Waals surface area contributed by atoms with Crippen molar-refractivity contribution in [3.8, 4) is 0 Å². The molecule has 0 aromatic carbocycles. The molecule has 1 rings (SSSR count). The number of hydrogen-bond donors (Lipinski definition) is 0. The lowest BCUT2D eigenvalue weighted by Crippen LogP contribution is -2.26. The highest BCUT2D eigenvalue weighted by molar-refractivity contribution is 6.04. The van der Waals surface area contributed by atoms with E-state index in [2.05, 4.69) is 0 Å². The average Bonchev–Trinajstić information content (AvgIpc) is 2.67. The molecule has 0 amide bonds. The van der Waals surface area contributed by atoms with Crippen molar-refractivity contribution in [1.29, 1.82) is 0 Å². The predicted molar refractivity (Wildman–Crippen MR) is 51.4 cm³/mol. The van der Waals surface area contributed by atoms with Gasteiger partial charge in [0.05, 0.1) is 6.42 Å². The molecule has 2 nitrogen and oxygen atoms in total. The molecule has 0 atom stereocenters. The third kappa shape index (κ3) is 2.39. The molecule has 0 spiro atoms. The van der Waals surface area contributed by atoms with Crippen molar-refractivity contribution in [2.75, 3.05) is 0 Å². The maximum atomic E-state index is 11.6. The largest absolute Gasteiger partial charge is 0.299 e. The van der Waals surface area contributed by atoms with Crippen molar-refractivity contribution in [2.45, 2.75) is 47.0 Å². The maximum Gasteiger partial charge on any atom is 0.146 e. The number of Topliss-reactive ketones (excluding diaryl/α,β-unsaturated/α-hetero) is 2. The van der Waals surface area contributed by atoms with E-state index in [0.717, 1.165) is 12.8 Å². The van der Waals surface area contributed by atoms with Crippen molar-refractivity contribution in [3.05, 3.63) is 0 Å². The summed E-state index contributed by atoms with van der Waals surface area (Å²) in [6, 6.07) is 0. The summed E-state index contributed by atoms with van der Waals surface area (Å²) in [5.41, 5.74) is -0.526. The molecule has 1 fully saturated rings. The van der Waals surface area contributed by atoms with E-state index in [0.29, 0.717) is 0 Å². The fourth-order valence-corrected chi connectivity index (χ4v) is 1.09. The number of ketones is 2. The standard InChI is InChI=1S/C11H18O2/c1-10(2,3)8(12)7-9(13)11(4)5-6-11/h5-7H2,1-4H3. The summed E-state index contributed by atoms with van der Waals surface area (Å²) in [6.07, 6.45) is 2.05. The quantitative estimate of drug-likeness (QED) is 0.628. The molecule has 0 radical (unpaired) electrons. The molecule has 0 bridgehead atoms. The minimum atomic E-state index is -0.374. The van der Waals surface area contributed by atoms with Crippen molar-refractivity contribution in [3.63, 3.8) is 0 Å². The van der Waals surface area contributed by atoms with Crippen molar-refractivity contribution in [1.82, 2.24) is 0 Å². The molecule has 2 heteroatoms. The van der Waals surface area contributed by atoms with E-state index < -0.39 is 0 Å². The Morgan fingerprint density at radius 1 is 1.23 bits per heavy atom. The molecule has 0 heterocycles. The van der Waals surface area contributed by atoms with Crippen LogP contribution in [-0.2, 0) is 9.59 Å². The highest BCUT2D eigenvalue weighted by Crippen LogP contribution is 2.46. The SMILES string of the molecule is CC(C)(C)C(=O)CC(=O)C1(C)CC1. The molecular weight excluding hydrogens is 164 g/mol. The number of rotatable bonds is 3. The summed E-state index contributed by atoms with van der Waals surface area (Å²) < 4.78 is 0. The van der Waals surface area contributed by atoms with Crippen molar-refractivity contribution in [2.24, 2.45) is 10.8 Å². The third-order valence-corrected chi connectivity index (χ3v) is 2.83. The lowest BCUT2D eigenvalue weighted by Gasteiger charge is -2.17. The first-order valence-electron chi connectivity index (χ1n) is 4.82. The van der Waals surface area contributed by atoms with Crippen LogP contribution < -0.4 is 0 Å². The molecule has 0 N–H and O–H groups in total. The number of carbonyl (C=O) groups excluding carboxylic acids is 2. The molecule has 0 saturated heterocycles. The van der Waals surface area contributed by atoms with Crippen LogP contribution in [0.15, 0.2) is 0 Å². The molecule has 74 valence electrons. The summed E-state index contributed by atoms with van der Waals surface area (Å²) in [5, 5.41) is 0. The highest BCUT2D eigenvalue weighted by atomic mass is 16.2. The highest BCUT2D eigenvalue weighted by Gasteiger charge is 2.45. The average molecular weight is 182 g/mol. The van der Waals surface area contributed by atoms with E-state index in [4.69, 9.17) is 0 Å². The Morgan fingerprint density at radius 2 is 1.69 bits per heavy atom. The number of hydrogen-bond acceptors (Lipinski definition) is 2. The molecule has 0 unspecified atom stereocenters. The molecule has 0 aromatic heterocycles. The summed E-state index contributed by atoms with van der Waals surface area (Å²) in [7, 11) is 0. The van der Waals surface area contributed by atoms with Crippen LogP contribution in [0.2, 0.25) is 0 Å². The van der Waals surface area contributed by atoms with E-state index in [9.17, 15) is 9.59 Å². The Kier molecular flexibility index (Phi) is 2.35. The second-order valence-corrected chi connectivity index (χ2v) is 5.33. The van der Waals surface area contributed by atoms with Crippen molar-refractivity contribution < 1.29 is 9.59 Å². The smallest absolute Gasteiger partial charge is 0.146 e. The summed E-state index contributed by atoms with van der Waals surface area (Å²) >= 11 is 0. The van der Waals surface area contributed by atoms with Crippen LogP contribution in [0.5, 0.6) is 0 Å². The first-order valence-corrected chi connectivity index (χ1v) is 4.82. The third-order valence-electron chi connectivity index (χ3n) is 2.83. The van der Waals surface area contributed by atoms with Gasteiger partial charge in [0, 0.05) is 10.8 Å². The van der Waals surface area contributed by atoms with E-state index in [1.54, 1.807) is 0 Å². The molecule has 0 aliphatic heterocycles. The molecule has 0 aromatic rings. The Balaban J connectivity index is 2.50. The zero-order chi connectivity index (χ0) is 10.3.